The Hall–Kier alpha value is -1.95. The summed E-state index contributed by atoms with van der Waals surface area (Å²) >= 11 is 1.60. The first-order valence-corrected chi connectivity index (χ1v) is 11.2. The Morgan fingerprint density at radius 3 is 2.76 bits per heavy atom. The summed E-state index contributed by atoms with van der Waals surface area (Å²) in [6.07, 6.45) is 8.08. The summed E-state index contributed by atoms with van der Waals surface area (Å²) in [4.78, 5) is 11.5. The lowest BCUT2D eigenvalue weighted by Gasteiger charge is -2.20. The molecule has 0 saturated heterocycles. The average molecular weight is 415 g/mol. The van der Waals surface area contributed by atoms with Gasteiger partial charge in [0.2, 0.25) is 0 Å². The molecular formula is C24H30O4S. The summed E-state index contributed by atoms with van der Waals surface area (Å²) in [5.74, 6) is -0.546. The van der Waals surface area contributed by atoms with Crippen LogP contribution in [0.4, 0.5) is 0 Å². The fourth-order valence-electron chi connectivity index (χ4n) is 4.23. The molecule has 1 aliphatic rings. The molecule has 1 unspecified atom stereocenters. The first-order valence-electron chi connectivity index (χ1n) is 10.4. The summed E-state index contributed by atoms with van der Waals surface area (Å²) in [6, 6.07) is 10.1. The van der Waals surface area contributed by atoms with Crippen LogP contribution in [0.2, 0.25) is 0 Å². The Kier molecular flexibility index (Phi) is 7.64. The van der Waals surface area contributed by atoms with Crippen molar-refractivity contribution in [3.8, 4) is 0 Å². The minimum atomic E-state index is -0.741. The van der Waals surface area contributed by atoms with E-state index in [1.54, 1.807) is 11.3 Å². The highest BCUT2D eigenvalue weighted by atomic mass is 32.1. The molecule has 3 N–H and O–H groups in total. The van der Waals surface area contributed by atoms with E-state index in [9.17, 15) is 15.0 Å². The fraction of sp³-hybridized carbons (Fsp3) is 0.458. The number of carboxylic acid groups (broad SMARTS) is 1. The molecule has 29 heavy (non-hydrogen) atoms. The zero-order chi connectivity index (χ0) is 20.8. The zero-order valence-electron chi connectivity index (χ0n) is 16.7. The maximum absolute atomic E-state index is 10.6. The van der Waals surface area contributed by atoms with Gasteiger partial charge in [-0.2, -0.15) is 0 Å². The Morgan fingerprint density at radius 1 is 1.24 bits per heavy atom. The lowest BCUT2D eigenvalue weighted by molar-refractivity contribution is -0.137. The van der Waals surface area contributed by atoms with Crippen LogP contribution < -0.4 is 0 Å². The normalized spacial score (nSPS) is 23.2. The number of rotatable bonds is 10. The maximum Gasteiger partial charge on any atom is 0.303 e. The quantitative estimate of drug-likeness (QED) is 0.356. The van der Waals surface area contributed by atoms with Crippen molar-refractivity contribution in [1.29, 1.82) is 0 Å². The van der Waals surface area contributed by atoms with E-state index in [0.717, 1.165) is 46.2 Å². The minimum absolute atomic E-state index is 0.0769. The van der Waals surface area contributed by atoms with Gasteiger partial charge in [0, 0.05) is 21.9 Å². The Labute approximate surface area is 176 Å². The first kappa shape index (κ1) is 21.8. The number of hydrogen-bond acceptors (Lipinski definition) is 4. The molecule has 1 aromatic heterocycles. The van der Waals surface area contributed by atoms with Crippen molar-refractivity contribution in [3.05, 3.63) is 59.5 Å². The molecule has 0 amide bonds. The monoisotopic (exact) mass is 414 g/mol. The van der Waals surface area contributed by atoms with Gasteiger partial charge in [0.25, 0.3) is 0 Å². The highest BCUT2D eigenvalue weighted by Gasteiger charge is 2.35. The van der Waals surface area contributed by atoms with E-state index in [1.165, 1.54) is 0 Å². The molecule has 1 aromatic carbocycles. The van der Waals surface area contributed by atoms with E-state index < -0.39 is 18.2 Å². The van der Waals surface area contributed by atoms with Gasteiger partial charge in [0.05, 0.1) is 6.10 Å². The molecule has 1 fully saturated rings. The van der Waals surface area contributed by atoms with Gasteiger partial charge in [-0.1, -0.05) is 61.8 Å². The van der Waals surface area contributed by atoms with Crippen molar-refractivity contribution in [2.75, 3.05) is 0 Å². The molecular weight excluding hydrogens is 384 g/mol. The molecule has 156 valence electrons. The van der Waals surface area contributed by atoms with Gasteiger partial charge in [0.1, 0.15) is 6.10 Å². The molecule has 4 atom stereocenters. The first-order chi connectivity index (χ1) is 14.0. The van der Waals surface area contributed by atoms with Crippen molar-refractivity contribution in [3.63, 3.8) is 0 Å². The van der Waals surface area contributed by atoms with Crippen LogP contribution in [0, 0.1) is 11.8 Å². The molecule has 1 heterocycles. The summed E-state index contributed by atoms with van der Waals surface area (Å²) < 4.78 is 1.16. The van der Waals surface area contributed by atoms with E-state index in [2.05, 4.69) is 12.6 Å². The van der Waals surface area contributed by atoms with Gasteiger partial charge in [-0.3, -0.25) is 4.79 Å². The third kappa shape index (κ3) is 5.78. The predicted octanol–water partition coefficient (Wildman–Crippen LogP) is 5.47. The Morgan fingerprint density at radius 2 is 2.00 bits per heavy atom. The molecule has 5 heteroatoms. The molecule has 0 bridgehead atoms. The largest absolute Gasteiger partial charge is 0.481 e. The summed E-state index contributed by atoms with van der Waals surface area (Å²) in [5.41, 5.74) is 1.02. The second-order valence-electron chi connectivity index (χ2n) is 7.98. The molecule has 3 rings (SSSR count). The lowest BCUT2D eigenvalue weighted by atomic mass is 9.87. The van der Waals surface area contributed by atoms with Crippen LogP contribution in [0.5, 0.6) is 0 Å². The third-order valence-electron chi connectivity index (χ3n) is 5.81. The Bertz CT molecular complexity index is 836. The van der Waals surface area contributed by atoms with Gasteiger partial charge >= 0.3 is 5.97 Å². The third-order valence-corrected chi connectivity index (χ3v) is 7.00. The number of aliphatic hydroxyl groups excluding tert-OH is 2. The van der Waals surface area contributed by atoms with Gasteiger partial charge in [-0.15, -0.1) is 11.3 Å². The smallest absolute Gasteiger partial charge is 0.303 e. The van der Waals surface area contributed by atoms with Crippen molar-refractivity contribution < 1.29 is 20.1 Å². The number of carboxylic acids is 1. The summed E-state index contributed by atoms with van der Waals surface area (Å²) in [7, 11) is 0. The molecule has 0 radical (unpaired) electrons. The van der Waals surface area contributed by atoms with E-state index >= 15 is 0 Å². The van der Waals surface area contributed by atoms with Crippen LogP contribution in [0.3, 0.4) is 0 Å². The highest BCUT2D eigenvalue weighted by molar-refractivity contribution is 7.19. The van der Waals surface area contributed by atoms with Crippen LogP contribution in [0.15, 0.2) is 54.6 Å². The van der Waals surface area contributed by atoms with Crippen molar-refractivity contribution in [2.24, 2.45) is 11.8 Å². The van der Waals surface area contributed by atoms with E-state index in [4.69, 9.17) is 5.11 Å². The van der Waals surface area contributed by atoms with Gasteiger partial charge < -0.3 is 15.3 Å². The number of unbranched alkanes of at least 4 members (excludes halogenated alkanes) is 3. The topological polar surface area (TPSA) is 77.8 Å². The number of carbonyl (C=O) groups is 1. The SMILES string of the molecule is C=C1C[C@H](O)[C@H](CCCCCCC(=O)O)[C@H]1C=CC(O)c1cc2ccccc2s1. The number of aliphatic carboxylic acids is 1. The van der Waals surface area contributed by atoms with Crippen LogP contribution in [0.25, 0.3) is 10.1 Å². The molecule has 2 aromatic rings. The van der Waals surface area contributed by atoms with E-state index in [-0.39, 0.29) is 18.3 Å². The fourth-order valence-corrected chi connectivity index (χ4v) is 5.26. The lowest BCUT2D eigenvalue weighted by Crippen LogP contribution is -2.18. The Balaban J connectivity index is 1.56. The summed E-state index contributed by atoms with van der Waals surface area (Å²) in [5, 5.41) is 30.9. The zero-order valence-corrected chi connectivity index (χ0v) is 17.5. The van der Waals surface area contributed by atoms with Crippen LogP contribution in [-0.2, 0) is 4.79 Å². The van der Waals surface area contributed by atoms with Gasteiger partial charge in [-0.25, -0.2) is 0 Å². The van der Waals surface area contributed by atoms with E-state index in [0.29, 0.717) is 12.8 Å². The highest BCUT2D eigenvalue weighted by Crippen LogP contribution is 2.40. The second kappa shape index (κ2) is 10.2. The number of fused-ring (bicyclic) bond motifs is 1. The average Bonchev–Trinajstić information content (AvgIpc) is 3.23. The summed E-state index contributed by atoms with van der Waals surface area (Å²) in [6.45, 7) is 4.14. The van der Waals surface area contributed by atoms with Crippen LogP contribution in [0.1, 0.15) is 55.9 Å². The molecule has 1 aliphatic carbocycles. The molecule has 0 spiro atoms. The van der Waals surface area contributed by atoms with Crippen molar-refractivity contribution in [2.45, 2.75) is 57.2 Å². The maximum atomic E-state index is 10.6. The number of hydrogen-bond donors (Lipinski definition) is 3. The van der Waals surface area contributed by atoms with Gasteiger partial charge in [0.15, 0.2) is 0 Å². The van der Waals surface area contributed by atoms with Crippen LogP contribution >= 0.6 is 11.3 Å². The minimum Gasteiger partial charge on any atom is -0.481 e. The number of allylic oxidation sites excluding steroid dienone is 1. The number of benzene rings is 1. The second-order valence-corrected chi connectivity index (χ2v) is 9.10. The number of thiophene rings is 1. The van der Waals surface area contributed by atoms with Crippen molar-refractivity contribution >= 4 is 27.4 Å². The standard InChI is InChI=1S/C24H30O4S/c1-16-14-21(26)19(9-4-2-3-5-11-24(27)28)18(16)12-13-20(25)23-15-17-8-6-7-10-22(17)29-23/h6-8,10,12-13,15,18-21,25-26H,1-5,9,11,14H2,(H,27,28)/t18-,19+,20?,21-/m0/s1. The van der Waals surface area contributed by atoms with E-state index in [1.807, 2.05) is 36.4 Å². The predicted molar refractivity (Wildman–Crippen MR) is 118 cm³/mol. The van der Waals surface area contributed by atoms with Crippen LogP contribution in [-0.4, -0.2) is 27.4 Å². The van der Waals surface area contributed by atoms with Gasteiger partial charge in [-0.05, 0) is 42.7 Å². The number of aliphatic hydroxyl groups is 2. The molecule has 0 aliphatic heterocycles. The molecule has 1 saturated carbocycles. The molecule has 4 nitrogen and oxygen atoms in total. The van der Waals surface area contributed by atoms with Crippen molar-refractivity contribution in [1.82, 2.24) is 0 Å².